The number of thiol groups is 1. The molecule has 126 valence electrons. The molecule has 2 aromatic carbocycles. The first-order chi connectivity index (χ1) is 11.4. The van der Waals surface area contributed by atoms with Crippen LogP contribution in [-0.4, -0.2) is 12.6 Å². The molecule has 0 spiro atoms. The lowest BCUT2D eigenvalue weighted by Crippen LogP contribution is -2.05. The number of esters is 1. The molecule has 0 aromatic heterocycles. The number of carbonyl (C=O) groups is 1. The van der Waals surface area contributed by atoms with Crippen molar-refractivity contribution in [2.75, 3.05) is 6.61 Å². The summed E-state index contributed by atoms with van der Waals surface area (Å²) >= 11 is 4.13. The molecule has 0 aliphatic carbocycles. The van der Waals surface area contributed by atoms with E-state index in [2.05, 4.69) is 12.6 Å². The second kappa shape index (κ2) is 7.97. The number of carbonyl (C=O) groups excluding carboxylic acids is 1. The van der Waals surface area contributed by atoms with E-state index in [4.69, 9.17) is 9.47 Å². The molecule has 0 atom stereocenters. The van der Waals surface area contributed by atoms with E-state index in [9.17, 15) is 13.6 Å². The Balaban J connectivity index is 2.26. The standard InChI is InChI=1S/C18H16F2O3S/c1-3-22-18(21)11(2)8-12-9-15(19)17(16(20)10-12)23-13-4-6-14(24)7-5-13/h4-10,24H,3H2,1-2H3/b11-8+. The molecule has 0 N–H and O–H groups in total. The summed E-state index contributed by atoms with van der Waals surface area (Å²) in [5, 5.41) is 0. The van der Waals surface area contributed by atoms with Crippen LogP contribution < -0.4 is 4.74 Å². The van der Waals surface area contributed by atoms with Crippen molar-refractivity contribution in [1.82, 2.24) is 0 Å². The predicted molar refractivity (Wildman–Crippen MR) is 90.4 cm³/mol. The van der Waals surface area contributed by atoms with Crippen LogP contribution in [0.2, 0.25) is 0 Å². The molecule has 0 saturated heterocycles. The van der Waals surface area contributed by atoms with E-state index in [0.29, 0.717) is 4.90 Å². The molecule has 0 fully saturated rings. The monoisotopic (exact) mass is 350 g/mol. The van der Waals surface area contributed by atoms with Crippen LogP contribution in [0.3, 0.4) is 0 Å². The first-order valence-corrected chi connectivity index (χ1v) is 7.66. The highest BCUT2D eigenvalue weighted by Gasteiger charge is 2.14. The van der Waals surface area contributed by atoms with Gasteiger partial charge in [0.25, 0.3) is 0 Å². The Morgan fingerprint density at radius 3 is 2.29 bits per heavy atom. The summed E-state index contributed by atoms with van der Waals surface area (Å²) in [6, 6.07) is 8.59. The van der Waals surface area contributed by atoms with Crippen LogP contribution in [0.1, 0.15) is 19.4 Å². The van der Waals surface area contributed by atoms with Gasteiger partial charge < -0.3 is 9.47 Å². The molecule has 0 bridgehead atoms. The summed E-state index contributed by atoms with van der Waals surface area (Å²) in [4.78, 5) is 12.3. The van der Waals surface area contributed by atoms with Gasteiger partial charge in [-0.25, -0.2) is 13.6 Å². The van der Waals surface area contributed by atoms with Gasteiger partial charge in [-0.3, -0.25) is 0 Å². The van der Waals surface area contributed by atoms with Crippen molar-refractivity contribution in [3.05, 3.63) is 59.2 Å². The molecule has 2 aromatic rings. The molecule has 2 rings (SSSR count). The smallest absolute Gasteiger partial charge is 0.333 e. The summed E-state index contributed by atoms with van der Waals surface area (Å²) < 4.78 is 38.4. The summed E-state index contributed by atoms with van der Waals surface area (Å²) in [6.45, 7) is 3.42. The van der Waals surface area contributed by atoms with Crippen molar-refractivity contribution < 1.29 is 23.0 Å². The van der Waals surface area contributed by atoms with Crippen molar-refractivity contribution in [1.29, 1.82) is 0 Å². The van der Waals surface area contributed by atoms with Crippen molar-refractivity contribution in [2.45, 2.75) is 18.7 Å². The quantitative estimate of drug-likeness (QED) is 0.468. The van der Waals surface area contributed by atoms with Gasteiger partial charge in [-0.05, 0) is 61.9 Å². The first-order valence-electron chi connectivity index (χ1n) is 7.22. The SMILES string of the molecule is CCOC(=O)/C(C)=C/c1cc(F)c(Oc2ccc(S)cc2)c(F)c1. The largest absolute Gasteiger partial charge is 0.463 e. The Labute approximate surface area is 144 Å². The van der Waals surface area contributed by atoms with E-state index in [0.717, 1.165) is 12.1 Å². The average molecular weight is 350 g/mol. The van der Waals surface area contributed by atoms with Gasteiger partial charge in [-0.15, -0.1) is 12.6 Å². The average Bonchev–Trinajstić information content (AvgIpc) is 2.53. The highest BCUT2D eigenvalue weighted by molar-refractivity contribution is 7.80. The number of ether oxygens (including phenoxy) is 2. The van der Waals surface area contributed by atoms with Gasteiger partial charge in [0.15, 0.2) is 17.4 Å². The number of hydrogen-bond donors (Lipinski definition) is 1. The van der Waals surface area contributed by atoms with Crippen molar-refractivity contribution in [3.8, 4) is 11.5 Å². The van der Waals surface area contributed by atoms with Crippen molar-refractivity contribution >= 4 is 24.7 Å². The topological polar surface area (TPSA) is 35.5 Å². The molecule has 0 aliphatic rings. The molecule has 0 aliphatic heterocycles. The van der Waals surface area contributed by atoms with E-state index < -0.39 is 23.4 Å². The third-order valence-electron chi connectivity index (χ3n) is 3.06. The van der Waals surface area contributed by atoms with E-state index in [1.165, 1.54) is 13.0 Å². The maximum atomic E-state index is 14.1. The predicted octanol–water partition coefficient (Wildman–Crippen LogP) is 5.01. The van der Waals surface area contributed by atoms with E-state index in [1.807, 2.05) is 0 Å². The third-order valence-corrected chi connectivity index (χ3v) is 3.36. The van der Waals surface area contributed by atoms with Crippen LogP contribution in [0, 0.1) is 11.6 Å². The number of halogens is 2. The number of rotatable bonds is 5. The number of hydrogen-bond acceptors (Lipinski definition) is 4. The van der Waals surface area contributed by atoms with Gasteiger partial charge >= 0.3 is 5.97 Å². The zero-order valence-corrected chi connectivity index (χ0v) is 14.1. The Bertz CT molecular complexity index is 747. The molecule has 6 heteroatoms. The summed E-state index contributed by atoms with van der Waals surface area (Å²) in [7, 11) is 0. The van der Waals surface area contributed by atoms with Gasteiger partial charge in [-0.2, -0.15) is 0 Å². The van der Waals surface area contributed by atoms with Crippen LogP contribution in [0.15, 0.2) is 46.9 Å². The fourth-order valence-corrected chi connectivity index (χ4v) is 2.10. The van der Waals surface area contributed by atoms with Gasteiger partial charge in [0.1, 0.15) is 5.75 Å². The normalized spacial score (nSPS) is 11.3. The second-order valence-corrected chi connectivity index (χ2v) is 5.47. The zero-order valence-electron chi connectivity index (χ0n) is 13.2. The lowest BCUT2D eigenvalue weighted by molar-refractivity contribution is -0.138. The molecule has 0 saturated carbocycles. The lowest BCUT2D eigenvalue weighted by atomic mass is 10.1. The third kappa shape index (κ3) is 4.58. The fraction of sp³-hybridized carbons (Fsp3) is 0.167. The van der Waals surface area contributed by atoms with Gasteiger partial charge in [0, 0.05) is 10.5 Å². The molecule has 0 amide bonds. The molecule has 0 radical (unpaired) electrons. The molecular weight excluding hydrogens is 334 g/mol. The maximum Gasteiger partial charge on any atom is 0.333 e. The summed E-state index contributed by atoms with van der Waals surface area (Å²) in [5.74, 6) is -2.49. The minimum atomic E-state index is -0.868. The van der Waals surface area contributed by atoms with Gasteiger partial charge in [-0.1, -0.05) is 0 Å². The fourth-order valence-electron chi connectivity index (χ4n) is 1.95. The molecule has 24 heavy (non-hydrogen) atoms. The van der Waals surface area contributed by atoms with Crippen LogP contribution in [-0.2, 0) is 9.53 Å². The zero-order chi connectivity index (χ0) is 17.7. The minimum Gasteiger partial charge on any atom is -0.463 e. The van der Waals surface area contributed by atoms with Crippen molar-refractivity contribution in [2.24, 2.45) is 0 Å². The second-order valence-electron chi connectivity index (χ2n) is 4.96. The molecule has 0 unspecified atom stereocenters. The lowest BCUT2D eigenvalue weighted by Gasteiger charge is -2.09. The van der Waals surface area contributed by atoms with Crippen LogP contribution in [0.5, 0.6) is 11.5 Å². The highest BCUT2D eigenvalue weighted by Crippen LogP contribution is 2.29. The van der Waals surface area contributed by atoms with Crippen molar-refractivity contribution in [3.63, 3.8) is 0 Å². The molecule has 0 heterocycles. The van der Waals surface area contributed by atoms with E-state index in [1.54, 1.807) is 31.2 Å². The Morgan fingerprint density at radius 1 is 1.17 bits per heavy atom. The van der Waals surface area contributed by atoms with Crippen LogP contribution in [0.25, 0.3) is 6.08 Å². The molecule has 3 nitrogen and oxygen atoms in total. The Morgan fingerprint density at radius 2 is 1.75 bits per heavy atom. The van der Waals surface area contributed by atoms with E-state index in [-0.39, 0.29) is 23.5 Å². The van der Waals surface area contributed by atoms with Crippen LogP contribution in [0.4, 0.5) is 8.78 Å². The summed E-state index contributed by atoms with van der Waals surface area (Å²) in [6.07, 6.45) is 1.35. The maximum absolute atomic E-state index is 14.1. The minimum absolute atomic E-state index is 0.202. The Hall–Kier alpha value is -2.34. The highest BCUT2D eigenvalue weighted by atomic mass is 32.1. The van der Waals surface area contributed by atoms with Crippen LogP contribution >= 0.6 is 12.6 Å². The number of benzene rings is 2. The Kier molecular flexibility index (Phi) is 5.98. The van der Waals surface area contributed by atoms with E-state index >= 15 is 0 Å². The summed E-state index contributed by atoms with van der Waals surface area (Å²) in [5.41, 5.74) is 0.447. The van der Waals surface area contributed by atoms with Gasteiger partial charge in [0.05, 0.1) is 6.61 Å². The van der Waals surface area contributed by atoms with Gasteiger partial charge in [0.2, 0.25) is 0 Å². The first kappa shape index (κ1) is 18.0. The molecular formula is C18H16F2O3S.